The number of likely N-dealkylation sites (N-methyl/N-ethyl adjacent to an activating group) is 1. The third-order valence-electron chi connectivity index (χ3n) is 3.98. The molecule has 0 spiro atoms. The monoisotopic (exact) mass is 362 g/mol. The van der Waals surface area contributed by atoms with Gasteiger partial charge >= 0.3 is 7.60 Å². The lowest BCUT2D eigenvalue weighted by Gasteiger charge is -2.34. The zero-order chi connectivity index (χ0) is 18.2. The number of aliphatic hydroxyl groups is 1. The van der Waals surface area contributed by atoms with Crippen LogP contribution >= 0.6 is 7.60 Å². The van der Waals surface area contributed by atoms with Crippen molar-refractivity contribution in [1.82, 2.24) is 9.80 Å². The van der Waals surface area contributed by atoms with Crippen molar-refractivity contribution < 1.29 is 23.5 Å². The summed E-state index contributed by atoms with van der Waals surface area (Å²) in [7, 11) is -3.76. The molecule has 0 aromatic heterocycles. The maximum atomic E-state index is 13.3. The second-order valence-electron chi connectivity index (χ2n) is 5.53. The maximum Gasteiger partial charge on any atom is 0.381 e. The Morgan fingerprint density at radius 3 is 1.96 bits per heavy atom. The topological polar surface area (TPSA) is 79.3 Å². The zero-order valence-electron chi connectivity index (χ0n) is 15.3. The molecule has 24 heavy (non-hydrogen) atoms. The first kappa shape index (κ1) is 21.0. The normalized spacial score (nSPS) is 16.8. The highest BCUT2D eigenvalue weighted by atomic mass is 31.2. The molecule has 7 nitrogen and oxygen atoms in total. The summed E-state index contributed by atoms with van der Waals surface area (Å²) in [6.07, 6.45) is 2.89. The highest BCUT2D eigenvalue weighted by Gasteiger charge is 2.40. The van der Waals surface area contributed by atoms with Gasteiger partial charge in [-0.1, -0.05) is 0 Å². The molecule has 0 aromatic rings. The van der Waals surface area contributed by atoms with Gasteiger partial charge in [0.05, 0.1) is 13.2 Å². The van der Waals surface area contributed by atoms with Crippen LogP contribution in [0.15, 0.2) is 11.2 Å². The second-order valence-corrected chi connectivity index (χ2v) is 7.47. The average molecular weight is 362 g/mol. The van der Waals surface area contributed by atoms with Gasteiger partial charge in [0, 0.05) is 26.2 Å². The average Bonchev–Trinajstić information content (AvgIpc) is 2.57. The van der Waals surface area contributed by atoms with Gasteiger partial charge in [0.25, 0.3) is 5.91 Å². The molecule has 0 aromatic carbocycles. The smallest absolute Gasteiger partial charge is 0.381 e. The predicted molar refractivity (Wildman–Crippen MR) is 93.9 cm³/mol. The molecule has 1 heterocycles. The standard InChI is InChI=1S/C16H31N2O5P/c1-5-17(6-2)15(20)14(19)16(18-12-10-9-11-13-18)24(21,22-7-3)23-8-4/h19H,5-13H2,1-4H3/b16-14+. The van der Waals surface area contributed by atoms with Crippen molar-refractivity contribution in [2.75, 3.05) is 39.4 Å². The number of piperidine rings is 1. The molecule has 1 rings (SSSR count). The molecule has 1 amide bonds. The van der Waals surface area contributed by atoms with Crippen molar-refractivity contribution in [3.8, 4) is 0 Å². The summed E-state index contributed by atoms with van der Waals surface area (Å²) < 4.78 is 24.1. The summed E-state index contributed by atoms with van der Waals surface area (Å²) >= 11 is 0. The third-order valence-corrected chi connectivity index (χ3v) is 6.19. The van der Waals surface area contributed by atoms with E-state index in [9.17, 15) is 14.5 Å². The highest BCUT2D eigenvalue weighted by Crippen LogP contribution is 2.58. The van der Waals surface area contributed by atoms with Crippen molar-refractivity contribution in [2.45, 2.75) is 47.0 Å². The van der Waals surface area contributed by atoms with E-state index in [4.69, 9.17) is 9.05 Å². The predicted octanol–water partition coefficient (Wildman–Crippen LogP) is 3.33. The zero-order valence-corrected chi connectivity index (χ0v) is 16.2. The number of nitrogens with zero attached hydrogens (tertiary/aromatic N) is 2. The van der Waals surface area contributed by atoms with Gasteiger partial charge in [-0.2, -0.15) is 0 Å². The lowest BCUT2D eigenvalue weighted by molar-refractivity contribution is -0.129. The number of rotatable bonds is 9. The quantitative estimate of drug-likeness (QED) is 0.385. The molecular weight excluding hydrogens is 331 g/mol. The molecule has 8 heteroatoms. The Morgan fingerprint density at radius 2 is 1.54 bits per heavy atom. The van der Waals surface area contributed by atoms with Gasteiger partial charge in [-0.3, -0.25) is 9.36 Å². The van der Waals surface area contributed by atoms with Crippen LogP contribution in [-0.2, 0) is 18.4 Å². The van der Waals surface area contributed by atoms with Gasteiger partial charge in [0.2, 0.25) is 5.76 Å². The van der Waals surface area contributed by atoms with Crippen LogP contribution in [0.5, 0.6) is 0 Å². The van der Waals surface area contributed by atoms with Crippen molar-refractivity contribution in [2.24, 2.45) is 0 Å². The summed E-state index contributed by atoms with van der Waals surface area (Å²) in [5, 5.41) is 10.7. The van der Waals surface area contributed by atoms with E-state index in [1.807, 2.05) is 13.8 Å². The molecule has 0 atom stereocenters. The second kappa shape index (κ2) is 10.1. The molecule has 1 aliphatic heterocycles. The minimum absolute atomic E-state index is 0.0165. The van der Waals surface area contributed by atoms with Crippen LogP contribution in [0.4, 0.5) is 0 Å². The van der Waals surface area contributed by atoms with E-state index in [0.717, 1.165) is 19.3 Å². The third kappa shape index (κ3) is 4.98. The van der Waals surface area contributed by atoms with E-state index >= 15 is 0 Å². The molecule has 140 valence electrons. The molecule has 0 bridgehead atoms. The fraction of sp³-hybridized carbons (Fsp3) is 0.812. The fourth-order valence-electron chi connectivity index (χ4n) is 2.81. The van der Waals surface area contributed by atoms with Crippen LogP contribution in [0, 0.1) is 0 Å². The molecule has 0 radical (unpaired) electrons. The minimum Gasteiger partial charge on any atom is -0.501 e. The van der Waals surface area contributed by atoms with Crippen LogP contribution in [0.1, 0.15) is 47.0 Å². The van der Waals surface area contributed by atoms with E-state index in [1.54, 1.807) is 18.7 Å². The largest absolute Gasteiger partial charge is 0.501 e. The number of aliphatic hydroxyl groups excluding tert-OH is 1. The van der Waals surface area contributed by atoms with Crippen LogP contribution < -0.4 is 0 Å². The number of carbonyl (C=O) groups excluding carboxylic acids is 1. The lowest BCUT2D eigenvalue weighted by atomic mass is 10.1. The van der Waals surface area contributed by atoms with Crippen LogP contribution in [0.2, 0.25) is 0 Å². The molecule has 1 saturated heterocycles. The highest BCUT2D eigenvalue weighted by molar-refractivity contribution is 7.58. The van der Waals surface area contributed by atoms with Crippen molar-refractivity contribution in [3.05, 3.63) is 11.2 Å². The van der Waals surface area contributed by atoms with Crippen LogP contribution in [0.3, 0.4) is 0 Å². The van der Waals surface area contributed by atoms with Crippen LogP contribution in [-0.4, -0.2) is 60.2 Å². The van der Waals surface area contributed by atoms with E-state index < -0.39 is 19.3 Å². The number of hydrogen-bond acceptors (Lipinski definition) is 6. The van der Waals surface area contributed by atoms with Crippen molar-refractivity contribution in [1.29, 1.82) is 0 Å². The lowest BCUT2D eigenvalue weighted by Crippen LogP contribution is -2.36. The summed E-state index contributed by atoms with van der Waals surface area (Å²) in [6.45, 7) is 9.58. The summed E-state index contributed by atoms with van der Waals surface area (Å²) in [6, 6.07) is 0. The Hall–Kier alpha value is -1.04. The number of likely N-dealkylation sites (tertiary alicyclic amines) is 1. The Kier molecular flexibility index (Phi) is 8.81. The van der Waals surface area contributed by atoms with Crippen LogP contribution in [0.25, 0.3) is 0 Å². The Balaban J connectivity index is 3.37. The van der Waals surface area contributed by atoms with Gasteiger partial charge in [0.1, 0.15) is 0 Å². The summed E-state index contributed by atoms with van der Waals surface area (Å²) in [5.74, 6) is -1.06. The van der Waals surface area contributed by atoms with Gasteiger partial charge in [-0.25, -0.2) is 0 Å². The molecule has 1 N–H and O–H groups in total. The Bertz CT molecular complexity index is 475. The summed E-state index contributed by atoms with van der Waals surface area (Å²) in [5.41, 5.74) is 0.0165. The van der Waals surface area contributed by atoms with E-state index in [-0.39, 0.29) is 18.7 Å². The molecule has 1 aliphatic rings. The van der Waals surface area contributed by atoms with Gasteiger partial charge in [-0.15, -0.1) is 0 Å². The number of hydrogen-bond donors (Lipinski definition) is 1. The first-order valence-corrected chi connectivity index (χ1v) is 10.4. The first-order chi connectivity index (χ1) is 11.4. The summed E-state index contributed by atoms with van der Waals surface area (Å²) in [4.78, 5) is 15.9. The Labute approximate surface area is 145 Å². The van der Waals surface area contributed by atoms with E-state index in [1.165, 1.54) is 4.90 Å². The van der Waals surface area contributed by atoms with Gasteiger partial charge in [0.15, 0.2) is 5.44 Å². The first-order valence-electron chi connectivity index (χ1n) is 8.82. The van der Waals surface area contributed by atoms with Crippen molar-refractivity contribution >= 4 is 13.5 Å². The number of amides is 1. The Morgan fingerprint density at radius 1 is 1.04 bits per heavy atom. The molecule has 0 saturated carbocycles. The molecule has 0 unspecified atom stereocenters. The molecule has 1 fully saturated rings. The van der Waals surface area contributed by atoms with E-state index in [2.05, 4.69) is 0 Å². The van der Waals surface area contributed by atoms with E-state index in [0.29, 0.717) is 26.2 Å². The fourth-order valence-corrected chi connectivity index (χ4v) is 4.71. The van der Waals surface area contributed by atoms with Gasteiger partial charge < -0.3 is 24.0 Å². The molecule has 0 aliphatic carbocycles. The maximum absolute atomic E-state index is 13.3. The van der Waals surface area contributed by atoms with Gasteiger partial charge in [-0.05, 0) is 47.0 Å². The number of carbonyl (C=O) groups is 1. The molecular formula is C16H31N2O5P. The van der Waals surface area contributed by atoms with Crippen molar-refractivity contribution in [3.63, 3.8) is 0 Å². The minimum atomic E-state index is -3.76. The SMILES string of the molecule is CCOP(=O)(OCC)/C(=C(/O)C(=O)N(CC)CC)N1CCCCC1.